The van der Waals surface area contributed by atoms with Gasteiger partial charge in [-0.1, -0.05) is 23.7 Å². The van der Waals surface area contributed by atoms with Crippen LogP contribution in [-0.2, 0) is 0 Å². The van der Waals surface area contributed by atoms with Gasteiger partial charge in [0.05, 0.1) is 22.3 Å². The molecule has 0 aliphatic carbocycles. The van der Waals surface area contributed by atoms with Crippen molar-refractivity contribution in [3.63, 3.8) is 0 Å². The maximum Gasteiger partial charge on any atom is 0.336 e. The second kappa shape index (κ2) is 10.4. The van der Waals surface area contributed by atoms with E-state index < -0.39 is 23.9 Å². The number of aryl methyl sites for hydroxylation is 1. The fourth-order valence-electron chi connectivity index (χ4n) is 3.08. The number of halogens is 1. The van der Waals surface area contributed by atoms with Gasteiger partial charge >= 0.3 is 23.9 Å². The third kappa shape index (κ3) is 5.72. The predicted molar refractivity (Wildman–Crippen MR) is 118 cm³/mol. The number of carbonyl (C=O) groups is 4. The first-order valence-corrected chi connectivity index (χ1v) is 9.61. The summed E-state index contributed by atoms with van der Waals surface area (Å²) in [7, 11) is 0. The normalized spacial score (nSPS) is 10.0. The number of rotatable bonds is 5. The molecule has 0 spiro atoms. The molecule has 3 rings (SSSR count). The molecule has 0 aliphatic rings. The van der Waals surface area contributed by atoms with Crippen LogP contribution in [0.1, 0.15) is 52.6 Å². The van der Waals surface area contributed by atoms with Crippen molar-refractivity contribution in [2.45, 2.75) is 13.8 Å². The maximum atomic E-state index is 11.4. The van der Waals surface area contributed by atoms with Crippen molar-refractivity contribution in [1.29, 1.82) is 0 Å². The molecule has 0 unspecified atom stereocenters. The summed E-state index contributed by atoms with van der Waals surface area (Å²) in [6.45, 7) is 3.09. The number of carboxylic acids is 4. The lowest BCUT2D eigenvalue weighted by Gasteiger charge is -2.12. The van der Waals surface area contributed by atoms with E-state index in [1.807, 2.05) is 0 Å². The van der Waals surface area contributed by atoms with E-state index in [2.05, 4.69) is 4.98 Å². The fraction of sp³-hybridized carbons (Fsp3) is 0.0870. The van der Waals surface area contributed by atoms with Crippen LogP contribution in [0.5, 0.6) is 0 Å². The van der Waals surface area contributed by atoms with Gasteiger partial charge in [0.25, 0.3) is 0 Å². The Morgan fingerprint density at radius 3 is 1.70 bits per heavy atom. The Hall–Kier alpha value is -4.24. The first kappa shape index (κ1) is 25.0. The summed E-state index contributed by atoms with van der Waals surface area (Å²) < 4.78 is 0. The SMILES string of the molecule is Cc1c(C(=O)O)cccc1C(=O)O.Cc1ccc(C(=O)O)c(-c2ccc(Cl)nc2)c1C(=O)O. The van der Waals surface area contributed by atoms with E-state index in [-0.39, 0.29) is 38.5 Å². The number of aromatic carboxylic acids is 4. The fourth-order valence-corrected chi connectivity index (χ4v) is 3.20. The lowest BCUT2D eigenvalue weighted by Crippen LogP contribution is -2.09. The van der Waals surface area contributed by atoms with Crippen LogP contribution in [0.3, 0.4) is 0 Å². The van der Waals surface area contributed by atoms with Crippen LogP contribution in [0.25, 0.3) is 11.1 Å². The van der Waals surface area contributed by atoms with E-state index >= 15 is 0 Å². The summed E-state index contributed by atoms with van der Waals surface area (Å²) in [6, 6.07) is 10.1. The van der Waals surface area contributed by atoms with Gasteiger partial charge in [0, 0.05) is 17.3 Å². The Bertz CT molecular complexity index is 1220. The topological polar surface area (TPSA) is 162 Å². The molecule has 0 amide bonds. The van der Waals surface area contributed by atoms with Gasteiger partial charge in [-0.3, -0.25) is 0 Å². The third-order valence-corrected chi connectivity index (χ3v) is 4.89. The van der Waals surface area contributed by atoms with Gasteiger partial charge in [-0.15, -0.1) is 0 Å². The second-order valence-corrected chi connectivity index (χ2v) is 7.14. The van der Waals surface area contributed by atoms with Gasteiger partial charge in [-0.2, -0.15) is 0 Å². The van der Waals surface area contributed by atoms with Crippen molar-refractivity contribution in [3.8, 4) is 11.1 Å². The zero-order chi connectivity index (χ0) is 24.9. The lowest BCUT2D eigenvalue weighted by molar-refractivity contribution is 0.0676. The smallest absolute Gasteiger partial charge is 0.336 e. The van der Waals surface area contributed by atoms with E-state index in [1.54, 1.807) is 13.0 Å². The third-order valence-electron chi connectivity index (χ3n) is 4.67. The number of nitrogens with zero attached hydrogens (tertiary/aromatic N) is 1. The number of benzene rings is 2. The minimum atomic E-state index is -1.20. The van der Waals surface area contributed by atoms with Gasteiger partial charge in [-0.25, -0.2) is 24.2 Å². The Labute approximate surface area is 192 Å². The van der Waals surface area contributed by atoms with Crippen LogP contribution in [0.2, 0.25) is 5.15 Å². The van der Waals surface area contributed by atoms with Crippen molar-refractivity contribution in [3.05, 3.63) is 87.2 Å². The molecule has 0 bridgehead atoms. The highest BCUT2D eigenvalue weighted by molar-refractivity contribution is 6.29. The zero-order valence-electron chi connectivity index (χ0n) is 17.4. The van der Waals surface area contributed by atoms with Crippen LogP contribution in [0, 0.1) is 13.8 Å². The van der Waals surface area contributed by atoms with Crippen molar-refractivity contribution >= 4 is 35.5 Å². The van der Waals surface area contributed by atoms with E-state index in [9.17, 15) is 29.4 Å². The summed E-state index contributed by atoms with van der Waals surface area (Å²) in [5, 5.41) is 36.2. The van der Waals surface area contributed by atoms with E-state index in [0.29, 0.717) is 11.1 Å². The molecule has 0 radical (unpaired) electrons. The van der Waals surface area contributed by atoms with Gasteiger partial charge in [-0.05, 0) is 55.3 Å². The van der Waals surface area contributed by atoms with Crippen LogP contribution < -0.4 is 0 Å². The molecule has 2 aromatic carbocycles. The number of hydrogen-bond acceptors (Lipinski definition) is 5. The Balaban J connectivity index is 0.000000257. The van der Waals surface area contributed by atoms with Crippen LogP contribution >= 0.6 is 11.6 Å². The average Bonchev–Trinajstić information content (AvgIpc) is 2.73. The van der Waals surface area contributed by atoms with E-state index in [1.165, 1.54) is 49.5 Å². The summed E-state index contributed by atoms with van der Waals surface area (Å²) >= 11 is 5.69. The molecule has 0 aliphatic heterocycles. The van der Waals surface area contributed by atoms with Gasteiger partial charge < -0.3 is 20.4 Å². The van der Waals surface area contributed by atoms with Crippen molar-refractivity contribution in [2.75, 3.05) is 0 Å². The Morgan fingerprint density at radius 1 is 0.727 bits per heavy atom. The molecule has 10 heteroatoms. The maximum absolute atomic E-state index is 11.4. The Kier molecular flexibility index (Phi) is 7.87. The highest BCUT2D eigenvalue weighted by atomic mass is 35.5. The molecular formula is C23H18ClNO8. The molecule has 1 heterocycles. The van der Waals surface area contributed by atoms with Gasteiger partial charge in [0.15, 0.2) is 0 Å². The molecule has 33 heavy (non-hydrogen) atoms. The van der Waals surface area contributed by atoms with Crippen LogP contribution in [0.4, 0.5) is 0 Å². The highest BCUT2D eigenvalue weighted by Crippen LogP contribution is 2.30. The summed E-state index contributed by atoms with van der Waals surface area (Å²) in [6.07, 6.45) is 1.36. The highest BCUT2D eigenvalue weighted by Gasteiger charge is 2.22. The van der Waals surface area contributed by atoms with Gasteiger partial charge in [0.1, 0.15) is 5.15 Å². The van der Waals surface area contributed by atoms with Gasteiger partial charge in [0.2, 0.25) is 0 Å². The Morgan fingerprint density at radius 2 is 1.27 bits per heavy atom. The predicted octanol–water partition coefficient (Wildman–Crippen LogP) is 4.50. The number of aromatic nitrogens is 1. The molecule has 3 aromatic rings. The standard InChI is InChI=1S/C14H10ClNO4.C9H8O4/c1-7-2-4-9(13(17)18)12(11(7)14(19)20)8-3-5-10(15)16-6-8;1-5-6(8(10)11)3-2-4-7(5)9(12)13/h2-6H,1H3,(H,17,18)(H,19,20);2-4H,1H3,(H,10,11)(H,12,13). The molecule has 0 fully saturated rings. The van der Waals surface area contributed by atoms with E-state index in [4.69, 9.17) is 21.8 Å². The quantitative estimate of drug-likeness (QED) is 0.392. The summed E-state index contributed by atoms with van der Waals surface area (Å²) in [4.78, 5) is 47.8. The summed E-state index contributed by atoms with van der Waals surface area (Å²) in [5.74, 6) is -4.60. The molecule has 170 valence electrons. The monoisotopic (exact) mass is 471 g/mol. The van der Waals surface area contributed by atoms with Crippen LogP contribution in [0.15, 0.2) is 48.7 Å². The van der Waals surface area contributed by atoms with Crippen molar-refractivity contribution < 1.29 is 39.6 Å². The molecule has 0 saturated carbocycles. The molecule has 4 N–H and O–H groups in total. The minimum Gasteiger partial charge on any atom is -0.478 e. The second-order valence-electron chi connectivity index (χ2n) is 6.75. The van der Waals surface area contributed by atoms with Crippen molar-refractivity contribution in [1.82, 2.24) is 4.98 Å². The van der Waals surface area contributed by atoms with Crippen LogP contribution in [-0.4, -0.2) is 49.3 Å². The average molecular weight is 472 g/mol. The minimum absolute atomic E-state index is 0.0277. The van der Waals surface area contributed by atoms with E-state index in [0.717, 1.165) is 0 Å². The number of pyridine rings is 1. The molecule has 1 aromatic heterocycles. The largest absolute Gasteiger partial charge is 0.478 e. The number of hydrogen-bond donors (Lipinski definition) is 4. The molecular weight excluding hydrogens is 454 g/mol. The molecule has 0 saturated heterocycles. The number of carboxylic acid groups (broad SMARTS) is 4. The molecule has 0 atom stereocenters. The zero-order valence-corrected chi connectivity index (χ0v) is 18.1. The molecule has 9 nitrogen and oxygen atoms in total. The first-order valence-electron chi connectivity index (χ1n) is 9.24. The first-order chi connectivity index (χ1) is 15.5. The summed E-state index contributed by atoms with van der Waals surface area (Å²) in [5.41, 5.74) is 1.21. The van der Waals surface area contributed by atoms with Crippen molar-refractivity contribution in [2.24, 2.45) is 0 Å². The lowest BCUT2D eigenvalue weighted by atomic mass is 9.92.